The summed E-state index contributed by atoms with van der Waals surface area (Å²) in [5.41, 5.74) is 0.0957. The van der Waals surface area contributed by atoms with Gasteiger partial charge in [-0.05, 0) is 6.07 Å². The van der Waals surface area contributed by atoms with Gasteiger partial charge in [-0.1, -0.05) is 0 Å². The molecule has 9 heavy (non-hydrogen) atoms. The normalized spacial score (nSPS) is 9.44. The highest BCUT2D eigenvalue weighted by Gasteiger charge is 2.08. The van der Waals surface area contributed by atoms with Gasteiger partial charge in [-0.25, -0.2) is 4.79 Å². The van der Waals surface area contributed by atoms with Gasteiger partial charge in [0.25, 0.3) is 0 Å². The maximum absolute atomic E-state index is 10.2. The zero-order valence-corrected chi connectivity index (χ0v) is 5.26. The minimum absolute atomic E-state index is 0.0957. The molecule has 1 aromatic heterocycles. The Labute approximate surface area is 56.7 Å². The van der Waals surface area contributed by atoms with E-state index < -0.39 is 5.97 Å². The maximum Gasteiger partial charge on any atom is 0.340 e. The van der Waals surface area contributed by atoms with Crippen molar-refractivity contribution in [3.63, 3.8) is 0 Å². The van der Waals surface area contributed by atoms with Crippen LogP contribution in [0.25, 0.3) is 0 Å². The van der Waals surface area contributed by atoms with E-state index in [1.807, 2.05) is 0 Å². The molecule has 0 spiro atoms. The van der Waals surface area contributed by atoms with E-state index in [4.69, 9.17) is 5.11 Å². The third-order valence-corrected chi connectivity index (χ3v) is 1.22. The van der Waals surface area contributed by atoms with Crippen molar-refractivity contribution in [2.75, 3.05) is 0 Å². The second-order valence-electron chi connectivity index (χ2n) is 1.44. The summed E-state index contributed by atoms with van der Waals surface area (Å²) in [4.78, 5) is 10.2. The Kier molecular flexibility index (Phi) is 1.48. The minimum atomic E-state index is -1.02. The molecule has 0 atom stereocenters. The zero-order valence-electron chi connectivity index (χ0n) is 4.37. The molecule has 4 heteroatoms. The van der Waals surface area contributed by atoms with Crippen LogP contribution in [0.4, 0.5) is 0 Å². The van der Waals surface area contributed by atoms with Crippen LogP contribution in [-0.2, 0) is 0 Å². The predicted octanol–water partition coefficient (Wildman–Crippen LogP) is 1.27. The van der Waals surface area contributed by atoms with Crippen LogP contribution in [0.5, 0.6) is 0 Å². The largest absolute Gasteiger partial charge is 0.478 e. The SMILES string of the molecule is O=C(O)c1ccoc1S. The number of carbonyl (C=O) groups is 1. The maximum atomic E-state index is 10.2. The first-order valence-electron chi connectivity index (χ1n) is 2.21. The molecule has 0 saturated carbocycles. The topological polar surface area (TPSA) is 50.4 Å². The standard InChI is InChI=1S/C5H4O3S/c6-4(7)3-1-2-8-5(3)9/h1-2,9H,(H,6,7). The molecule has 0 aliphatic rings. The minimum Gasteiger partial charge on any atom is -0.478 e. The van der Waals surface area contributed by atoms with Gasteiger partial charge in [-0.15, -0.1) is 12.6 Å². The van der Waals surface area contributed by atoms with Crippen molar-refractivity contribution in [1.82, 2.24) is 0 Å². The first-order valence-corrected chi connectivity index (χ1v) is 2.66. The lowest BCUT2D eigenvalue weighted by Crippen LogP contribution is -1.93. The van der Waals surface area contributed by atoms with E-state index in [1.54, 1.807) is 0 Å². The molecule has 0 fully saturated rings. The van der Waals surface area contributed by atoms with Gasteiger partial charge in [-0.2, -0.15) is 0 Å². The Morgan fingerprint density at radius 1 is 1.78 bits per heavy atom. The Balaban J connectivity index is 3.08. The Bertz CT molecular complexity index is 228. The van der Waals surface area contributed by atoms with E-state index in [9.17, 15) is 4.79 Å². The number of rotatable bonds is 1. The van der Waals surface area contributed by atoms with Crippen molar-refractivity contribution >= 4 is 18.6 Å². The molecule has 0 unspecified atom stereocenters. The number of carboxylic acids is 1. The van der Waals surface area contributed by atoms with E-state index in [0.717, 1.165) is 0 Å². The van der Waals surface area contributed by atoms with Gasteiger partial charge < -0.3 is 9.52 Å². The summed E-state index contributed by atoms with van der Waals surface area (Å²) in [6, 6.07) is 1.35. The fourth-order valence-electron chi connectivity index (χ4n) is 0.464. The molecule has 0 bridgehead atoms. The molecule has 0 radical (unpaired) electrons. The number of aromatic carboxylic acids is 1. The molecule has 1 rings (SSSR count). The van der Waals surface area contributed by atoms with Crippen molar-refractivity contribution in [3.8, 4) is 0 Å². The zero-order chi connectivity index (χ0) is 6.85. The molecule has 0 saturated heterocycles. The molecule has 0 amide bonds. The van der Waals surface area contributed by atoms with Crippen LogP contribution in [0.15, 0.2) is 21.8 Å². The van der Waals surface area contributed by atoms with Gasteiger partial charge in [0.1, 0.15) is 5.56 Å². The summed E-state index contributed by atoms with van der Waals surface area (Å²) < 4.78 is 4.61. The molecule has 1 N–H and O–H groups in total. The van der Waals surface area contributed by atoms with Gasteiger partial charge in [0, 0.05) is 0 Å². The fourth-order valence-corrected chi connectivity index (χ4v) is 0.695. The summed E-state index contributed by atoms with van der Waals surface area (Å²) in [7, 11) is 0. The molecule has 48 valence electrons. The summed E-state index contributed by atoms with van der Waals surface area (Å²) in [5, 5.41) is 8.49. The highest BCUT2D eigenvalue weighted by Crippen LogP contribution is 2.13. The van der Waals surface area contributed by atoms with Crippen molar-refractivity contribution in [1.29, 1.82) is 0 Å². The van der Waals surface area contributed by atoms with Gasteiger partial charge in [0.15, 0.2) is 5.09 Å². The first kappa shape index (κ1) is 6.22. The van der Waals surface area contributed by atoms with E-state index in [2.05, 4.69) is 17.0 Å². The number of hydrogen-bond acceptors (Lipinski definition) is 3. The van der Waals surface area contributed by atoms with E-state index in [-0.39, 0.29) is 10.7 Å². The van der Waals surface area contributed by atoms with E-state index in [0.29, 0.717) is 0 Å². The van der Waals surface area contributed by atoms with E-state index in [1.165, 1.54) is 12.3 Å². The Morgan fingerprint density at radius 2 is 2.44 bits per heavy atom. The van der Waals surface area contributed by atoms with Crippen LogP contribution in [0.2, 0.25) is 0 Å². The van der Waals surface area contributed by atoms with Crippen LogP contribution < -0.4 is 0 Å². The van der Waals surface area contributed by atoms with Crippen LogP contribution in [0.3, 0.4) is 0 Å². The van der Waals surface area contributed by atoms with Gasteiger partial charge in [0.05, 0.1) is 6.26 Å². The lowest BCUT2D eigenvalue weighted by molar-refractivity contribution is 0.0690. The van der Waals surface area contributed by atoms with Crippen LogP contribution >= 0.6 is 12.6 Å². The van der Waals surface area contributed by atoms with Crippen molar-refractivity contribution in [3.05, 3.63) is 17.9 Å². The number of hydrogen-bond donors (Lipinski definition) is 2. The highest BCUT2D eigenvalue weighted by molar-refractivity contribution is 7.80. The molecule has 0 aliphatic carbocycles. The molecule has 1 aromatic rings. The average Bonchev–Trinajstić information content (AvgIpc) is 2.13. The second kappa shape index (κ2) is 2.14. The summed E-state index contributed by atoms with van der Waals surface area (Å²) in [6.07, 6.45) is 1.28. The molecular formula is C5H4O3S. The van der Waals surface area contributed by atoms with Crippen LogP contribution in [0.1, 0.15) is 10.4 Å². The molecule has 0 aliphatic heterocycles. The monoisotopic (exact) mass is 144 g/mol. The Morgan fingerprint density at radius 3 is 2.67 bits per heavy atom. The van der Waals surface area contributed by atoms with Gasteiger partial charge >= 0.3 is 5.97 Å². The second-order valence-corrected chi connectivity index (χ2v) is 1.85. The predicted molar refractivity (Wildman–Crippen MR) is 32.9 cm³/mol. The number of thiol groups is 1. The third-order valence-electron chi connectivity index (χ3n) is 0.875. The molecule has 3 nitrogen and oxygen atoms in total. The lowest BCUT2D eigenvalue weighted by atomic mass is 10.3. The molecule has 1 heterocycles. The summed E-state index contributed by atoms with van der Waals surface area (Å²) in [6.45, 7) is 0. The molecular weight excluding hydrogens is 140 g/mol. The van der Waals surface area contributed by atoms with Gasteiger partial charge in [0.2, 0.25) is 0 Å². The Hall–Kier alpha value is -0.900. The number of carboxylic acid groups (broad SMARTS) is 1. The van der Waals surface area contributed by atoms with Crippen molar-refractivity contribution in [2.24, 2.45) is 0 Å². The average molecular weight is 144 g/mol. The van der Waals surface area contributed by atoms with Crippen LogP contribution in [-0.4, -0.2) is 11.1 Å². The van der Waals surface area contributed by atoms with Gasteiger partial charge in [-0.3, -0.25) is 0 Å². The van der Waals surface area contributed by atoms with E-state index >= 15 is 0 Å². The fraction of sp³-hybridized carbons (Fsp3) is 0. The van der Waals surface area contributed by atoms with Crippen LogP contribution in [0, 0.1) is 0 Å². The van der Waals surface area contributed by atoms with Crippen molar-refractivity contribution in [2.45, 2.75) is 5.09 Å². The molecule has 0 aromatic carbocycles. The smallest absolute Gasteiger partial charge is 0.340 e. The highest BCUT2D eigenvalue weighted by atomic mass is 32.1. The quantitative estimate of drug-likeness (QED) is 0.583. The summed E-state index contributed by atoms with van der Waals surface area (Å²) in [5.74, 6) is -1.02. The summed E-state index contributed by atoms with van der Waals surface area (Å²) >= 11 is 3.74. The lowest BCUT2D eigenvalue weighted by Gasteiger charge is -1.84. The number of furan rings is 1. The third kappa shape index (κ3) is 1.08. The first-order chi connectivity index (χ1) is 4.22. The van der Waals surface area contributed by atoms with Crippen molar-refractivity contribution < 1.29 is 14.3 Å².